The van der Waals surface area contributed by atoms with Crippen molar-refractivity contribution < 1.29 is 13.9 Å². The van der Waals surface area contributed by atoms with Crippen LogP contribution in [0.5, 0.6) is 11.5 Å². The van der Waals surface area contributed by atoms with Crippen LogP contribution in [0.25, 0.3) is 0 Å². The Morgan fingerprint density at radius 1 is 0.839 bits per heavy atom. The highest BCUT2D eigenvalue weighted by molar-refractivity contribution is 5.54. The largest absolute Gasteiger partial charge is 0.497 e. The summed E-state index contributed by atoms with van der Waals surface area (Å²) in [4.78, 5) is 6.85. The molecule has 164 valence electrons. The molecule has 0 aliphatic heterocycles. The van der Waals surface area contributed by atoms with Crippen molar-refractivity contribution in [2.24, 2.45) is 0 Å². The molecular formula is C25H30FN3O2. The lowest BCUT2D eigenvalue weighted by atomic mass is 10.1. The van der Waals surface area contributed by atoms with E-state index in [4.69, 9.17) is 9.47 Å². The topological polar surface area (TPSA) is 46.6 Å². The number of methoxy groups -OCH3 is 2. The summed E-state index contributed by atoms with van der Waals surface area (Å²) in [6.07, 6.45) is 3.18. The maximum Gasteiger partial charge on any atom is 0.131 e. The van der Waals surface area contributed by atoms with Gasteiger partial charge < -0.3 is 19.7 Å². The van der Waals surface area contributed by atoms with Gasteiger partial charge in [-0.1, -0.05) is 24.3 Å². The van der Waals surface area contributed by atoms with Gasteiger partial charge in [0.05, 0.1) is 20.9 Å². The summed E-state index contributed by atoms with van der Waals surface area (Å²) in [5.74, 6) is 2.55. The molecule has 0 amide bonds. The average Bonchev–Trinajstić information content (AvgIpc) is 2.82. The number of aromatic nitrogens is 1. The molecule has 0 bridgehead atoms. The SMILES string of the molecule is COc1ccc(CN(Cc2ccc(OC)cc2)c2cc(NCCCCF)ccn2)cc1. The number of pyridine rings is 1. The number of anilines is 2. The molecule has 31 heavy (non-hydrogen) atoms. The second kappa shape index (κ2) is 11.8. The summed E-state index contributed by atoms with van der Waals surface area (Å²) in [5, 5.41) is 3.37. The Hall–Kier alpha value is -3.28. The zero-order valence-electron chi connectivity index (χ0n) is 18.2. The monoisotopic (exact) mass is 423 g/mol. The van der Waals surface area contributed by atoms with Crippen LogP contribution in [-0.4, -0.2) is 32.4 Å². The van der Waals surface area contributed by atoms with Gasteiger partial charge in [-0.25, -0.2) is 4.98 Å². The van der Waals surface area contributed by atoms with E-state index in [9.17, 15) is 4.39 Å². The van der Waals surface area contributed by atoms with E-state index < -0.39 is 0 Å². The smallest absolute Gasteiger partial charge is 0.131 e. The number of unbranched alkanes of at least 4 members (excludes halogenated alkanes) is 1. The van der Waals surface area contributed by atoms with E-state index in [0.29, 0.717) is 19.5 Å². The maximum absolute atomic E-state index is 12.3. The Labute approximate surface area is 183 Å². The van der Waals surface area contributed by atoms with Crippen molar-refractivity contribution in [3.63, 3.8) is 0 Å². The number of rotatable bonds is 12. The zero-order chi connectivity index (χ0) is 21.9. The molecule has 1 heterocycles. The van der Waals surface area contributed by atoms with Crippen molar-refractivity contribution >= 4 is 11.5 Å². The normalized spacial score (nSPS) is 10.5. The third-order valence-electron chi connectivity index (χ3n) is 5.02. The molecular weight excluding hydrogens is 393 g/mol. The Balaban J connectivity index is 1.79. The average molecular weight is 424 g/mol. The van der Waals surface area contributed by atoms with Crippen LogP contribution in [-0.2, 0) is 13.1 Å². The highest BCUT2D eigenvalue weighted by Crippen LogP contribution is 2.23. The van der Waals surface area contributed by atoms with Gasteiger partial charge in [0.25, 0.3) is 0 Å². The van der Waals surface area contributed by atoms with Crippen LogP contribution in [0.1, 0.15) is 24.0 Å². The number of hydrogen-bond donors (Lipinski definition) is 1. The van der Waals surface area contributed by atoms with Gasteiger partial charge >= 0.3 is 0 Å². The van der Waals surface area contributed by atoms with Gasteiger partial charge in [-0.3, -0.25) is 4.39 Å². The number of nitrogens with zero attached hydrogens (tertiary/aromatic N) is 2. The minimum Gasteiger partial charge on any atom is -0.497 e. The van der Waals surface area contributed by atoms with E-state index in [1.165, 1.54) is 0 Å². The first-order valence-electron chi connectivity index (χ1n) is 10.5. The number of alkyl halides is 1. The first-order chi connectivity index (χ1) is 15.2. The third-order valence-corrected chi connectivity index (χ3v) is 5.02. The van der Waals surface area contributed by atoms with Crippen molar-refractivity contribution in [1.29, 1.82) is 0 Å². The van der Waals surface area contributed by atoms with Gasteiger partial charge in [0, 0.05) is 37.6 Å². The highest BCUT2D eigenvalue weighted by atomic mass is 19.1. The second-order valence-corrected chi connectivity index (χ2v) is 7.28. The predicted molar refractivity (Wildman–Crippen MR) is 124 cm³/mol. The number of nitrogens with one attached hydrogen (secondary N) is 1. The van der Waals surface area contributed by atoms with E-state index in [0.717, 1.165) is 47.1 Å². The van der Waals surface area contributed by atoms with Crippen molar-refractivity contribution in [2.45, 2.75) is 25.9 Å². The molecule has 0 saturated carbocycles. The lowest BCUT2D eigenvalue weighted by Crippen LogP contribution is -2.23. The van der Waals surface area contributed by atoms with E-state index in [-0.39, 0.29) is 6.67 Å². The quantitative estimate of drug-likeness (QED) is 0.392. The third kappa shape index (κ3) is 6.88. The zero-order valence-corrected chi connectivity index (χ0v) is 18.2. The van der Waals surface area contributed by atoms with Gasteiger partial charge in [-0.15, -0.1) is 0 Å². The van der Waals surface area contributed by atoms with E-state index in [2.05, 4.69) is 39.5 Å². The number of hydrogen-bond acceptors (Lipinski definition) is 5. The van der Waals surface area contributed by atoms with Crippen LogP contribution < -0.4 is 19.7 Å². The van der Waals surface area contributed by atoms with Crippen LogP contribution in [0.4, 0.5) is 15.9 Å². The molecule has 3 aromatic rings. The summed E-state index contributed by atoms with van der Waals surface area (Å²) >= 11 is 0. The summed E-state index contributed by atoms with van der Waals surface area (Å²) in [6, 6.07) is 20.1. The Bertz CT molecular complexity index is 867. The molecule has 0 spiro atoms. The fraction of sp³-hybridized carbons (Fsp3) is 0.320. The summed E-state index contributed by atoms with van der Waals surface area (Å²) in [5.41, 5.74) is 3.31. The van der Waals surface area contributed by atoms with E-state index >= 15 is 0 Å². The Morgan fingerprint density at radius 2 is 1.42 bits per heavy atom. The van der Waals surface area contributed by atoms with Crippen LogP contribution in [0, 0.1) is 0 Å². The Kier molecular flexibility index (Phi) is 8.52. The van der Waals surface area contributed by atoms with E-state index in [1.807, 2.05) is 42.6 Å². The fourth-order valence-corrected chi connectivity index (χ4v) is 3.27. The minimum absolute atomic E-state index is 0.277. The molecule has 6 heteroatoms. The molecule has 5 nitrogen and oxygen atoms in total. The summed E-state index contributed by atoms with van der Waals surface area (Å²) < 4.78 is 22.9. The van der Waals surface area contributed by atoms with Gasteiger partial charge in [-0.2, -0.15) is 0 Å². The van der Waals surface area contributed by atoms with Gasteiger partial charge in [-0.05, 0) is 54.3 Å². The molecule has 0 aliphatic carbocycles. The number of benzene rings is 2. The molecule has 3 rings (SSSR count). The van der Waals surface area contributed by atoms with Crippen LogP contribution in [0.2, 0.25) is 0 Å². The van der Waals surface area contributed by atoms with Gasteiger partial charge in [0.15, 0.2) is 0 Å². The molecule has 1 aromatic heterocycles. The highest BCUT2D eigenvalue weighted by Gasteiger charge is 2.11. The first kappa shape index (κ1) is 22.4. The maximum atomic E-state index is 12.3. The van der Waals surface area contributed by atoms with Crippen LogP contribution in [0.3, 0.4) is 0 Å². The molecule has 0 atom stereocenters. The summed E-state index contributed by atoms with van der Waals surface area (Å²) in [7, 11) is 3.34. The van der Waals surface area contributed by atoms with E-state index in [1.54, 1.807) is 14.2 Å². The number of ether oxygens (including phenoxy) is 2. The lowest BCUT2D eigenvalue weighted by molar-refractivity contribution is 0.414. The molecule has 0 aliphatic rings. The van der Waals surface area contributed by atoms with Crippen molar-refractivity contribution in [3.8, 4) is 11.5 Å². The van der Waals surface area contributed by atoms with Crippen LogP contribution in [0.15, 0.2) is 66.9 Å². The Morgan fingerprint density at radius 3 is 1.94 bits per heavy atom. The fourth-order valence-electron chi connectivity index (χ4n) is 3.27. The minimum atomic E-state index is -0.277. The molecule has 2 aromatic carbocycles. The molecule has 0 unspecified atom stereocenters. The van der Waals surface area contributed by atoms with Crippen molar-refractivity contribution in [1.82, 2.24) is 4.98 Å². The second-order valence-electron chi connectivity index (χ2n) is 7.28. The van der Waals surface area contributed by atoms with Gasteiger partial charge in [0.2, 0.25) is 0 Å². The molecule has 0 saturated heterocycles. The first-order valence-corrected chi connectivity index (χ1v) is 10.5. The molecule has 0 fully saturated rings. The lowest BCUT2D eigenvalue weighted by Gasteiger charge is -2.25. The predicted octanol–water partition coefficient (Wildman–Crippen LogP) is 5.47. The molecule has 1 N–H and O–H groups in total. The van der Waals surface area contributed by atoms with Gasteiger partial charge in [0.1, 0.15) is 17.3 Å². The van der Waals surface area contributed by atoms with Crippen LogP contribution >= 0.6 is 0 Å². The number of halogens is 1. The van der Waals surface area contributed by atoms with Crippen molar-refractivity contribution in [2.75, 3.05) is 37.7 Å². The van der Waals surface area contributed by atoms with Crippen molar-refractivity contribution in [3.05, 3.63) is 78.0 Å². The summed E-state index contributed by atoms with van der Waals surface area (Å²) in [6.45, 7) is 1.87. The standard InChI is InChI=1S/C25H30FN3O2/c1-30-23-9-5-20(6-10-23)18-29(19-21-7-11-24(31-2)12-8-21)25-17-22(13-16-28-25)27-15-4-3-14-26/h5-13,16-17H,3-4,14-15,18-19H2,1-2H3,(H,27,28). The molecule has 0 radical (unpaired) electrons.